The quantitative estimate of drug-likeness (QED) is 0.0990. The summed E-state index contributed by atoms with van der Waals surface area (Å²) in [5.41, 5.74) is -0.536. The first kappa shape index (κ1) is 42.4. The van der Waals surface area contributed by atoms with Crippen LogP contribution in [0.1, 0.15) is 78.7 Å². The number of H-pyrrole nitrogens is 1. The molecule has 3 aromatic carbocycles. The first-order valence-electron chi connectivity index (χ1n) is 18.8. The van der Waals surface area contributed by atoms with Gasteiger partial charge in [-0.25, -0.2) is 9.46 Å². The lowest BCUT2D eigenvalue weighted by molar-refractivity contribution is -0.0786. The molecule has 1 unspecified atom stereocenters. The Morgan fingerprint density at radius 2 is 1.51 bits per heavy atom. The summed E-state index contributed by atoms with van der Waals surface area (Å²) in [5, 5.41) is 11.3. The van der Waals surface area contributed by atoms with Gasteiger partial charge in [-0.2, -0.15) is 5.26 Å². The van der Waals surface area contributed by atoms with Gasteiger partial charge in [-0.15, -0.1) is 0 Å². The summed E-state index contributed by atoms with van der Waals surface area (Å²) in [6, 6.07) is 32.3. The second-order valence-corrected chi connectivity index (χ2v) is 21.5. The number of aromatic nitrogens is 2. The normalized spacial score (nSPS) is 19.8. The van der Waals surface area contributed by atoms with E-state index in [4.69, 9.17) is 18.4 Å². The Morgan fingerprint density at radius 1 is 0.945 bits per heavy atom. The van der Waals surface area contributed by atoms with Crippen molar-refractivity contribution in [1.29, 1.82) is 5.26 Å². The van der Waals surface area contributed by atoms with E-state index in [1.54, 1.807) is 6.92 Å². The van der Waals surface area contributed by atoms with Crippen molar-refractivity contribution < 1.29 is 23.3 Å². The van der Waals surface area contributed by atoms with Crippen LogP contribution >= 0.6 is 8.53 Å². The van der Waals surface area contributed by atoms with E-state index >= 15 is 0 Å². The number of hydrogen-bond acceptors (Lipinski definition) is 9. The minimum atomic E-state index is -3.08. The molecule has 1 aromatic heterocycles. The molecule has 4 aromatic rings. The summed E-state index contributed by atoms with van der Waals surface area (Å²) in [6.45, 7) is 16.3. The van der Waals surface area contributed by atoms with Gasteiger partial charge < -0.3 is 23.3 Å². The largest absolute Gasteiger partial charge is 0.405 e. The standard InChI is InChI=1S/C42H55N4O7PSi/c1-30(2)46(42(7,8)25-18-26-43)54(49)53-36-35(29-51-55(41(4,5)6,33-21-14-10-15-22-33)34-23-16-11-17-24-34)52-39(45-27-31(3)38(47)44-40(45)48)37(36)50-28-32-19-12-9-13-20-32/h9-17,19-24,27,30,35-37,39,49H,18,25,28-29H2,1-8H3,(H,44,47,48)/t35-,36-,37-,39-,54?/m1/s1. The van der Waals surface area contributed by atoms with Crippen molar-refractivity contribution in [3.63, 3.8) is 0 Å². The van der Waals surface area contributed by atoms with E-state index in [0.717, 1.165) is 15.9 Å². The van der Waals surface area contributed by atoms with Gasteiger partial charge in [0.1, 0.15) is 18.3 Å². The maximum absolute atomic E-state index is 13.5. The average Bonchev–Trinajstić information content (AvgIpc) is 3.48. The molecule has 13 heteroatoms. The number of hydrogen-bond donors (Lipinski definition) is 2. The van der Waals surface area contributed by atoms with Gasteiger partial charge in [0.15, 0.2) is 6.23 Å². The summed E-state index contributed by atoms with van der Waals surface area (Å²) >= 11 is 0. The predicted octanol–water partition coefficient (Wildman–Crippen LogP) is 6.30. The molecule has 5 atom stereocenters. The van der Waals surface area contributed by atoms with Crippen molar-refractivity contribution in [1.82, 2.24) is 14.2 Å². The highest BCUT2D eigenvalue weighted by molar-refractivity contribution is 7.43. The van der Waals surface area contributed by atoms with E-state index in [9.17, 15) is 19.7 Å². The molecular weight excluding hydrogens is 732 g/mol. The van der Waals surface area contributed by atoms with Gasteiger partial charge in [-0.05, 0) is 62.0 Å². The van der Waals surface area contributed by atoms with Gasteiger partial charge >= 0.3 is 5.69 Å². The Balaban J connectivity index is 1.64. The van der Waals surface area contributed by atoms with Crippen LogP contribution < -0.4 is 21.6 Å². The smallest absolute Gasteiger partial charge is 0.330 e. The van der Waals surface area contributed by atoms with Gasteiger partial charge in [0.05, 0.1) is 19.3 Å². The zero-order chi connectivity index (χ0) is 40.0. The monoisotopic (exact) mass is 786 g/mol. The molecule has 0 spiro atoms. The Labute approximate surface area is 327 Å². The Bertz CT molecular complexity index is 1960. The van der Waals surface area contributed by atoms with Crippen LogP contribution in [-0.4, -0.2) is 63.9 Å². The summed E-state index contributed by atoms with van der Waals surface area (Å²) in [5.74, 6) is 0. The van der Waals surface area contributed by atoms with E-state index in [1.165, 1.54) is 10.8 Å². The van der Waals surface area contributed by atoms with Crippen molar-refractivity contribution in [3.8, 4) is 6.07 Å². The summed E-state index contributed by atoms with van der Waals surface area (Å²) in [4.78, 5) is 40.6. The lowest BCUT2D eigenvalue weighted by Crippen LogP contribution is -2.67. The molecular formula is C42H55N4O7PSi. The number of aromatic amines is 1. The number of nitrogens with zero attached hydrogens (tertiary/aromatic N) is 3. The number of nitriles is 1. The first-order chi connectivity index (χ1) is 26.1. The molecule has 11 nitrogen and oxygen atoms in total. The van der Waals surface area contributed by atoms with Crippen LogP contribution in [0.15, 0.2) is 107 Å². The van der Waals surface area contributed by atoms with Crippen molar-refractivity contribution in [2.45, 2.75) is 116 Å². The first-order valence-corrected chi connectivity index (χ1v) is 21.9. The summed E-state index contributed by atoms with van der Waals surface area (Å²) in [6.07, 6.45) is -1.46. The third-order valence-corrected chi connectivity index (χ3v) is 17.0. The molecule has 2 heterocycles. The molecule has 5 rings (SSSR count). The third kappa shape index (κ3) is 9.45. The molecule has 1 fully saturated rings. The van der Waals surface area contributed by atoms with E-state index in [1.807, 2.05) is 99.1 Å². The Kier molecular flexibility index (Phi) is 13.9. The molecule has 0 saturated carbocycles. The van der Waals surface area contributed by atoms with Crippen LogP contribution in [0, 0.1) is 18.3 Å². The predicted molar refractivity (Wildman–Crippen MR) is 218 cm³/mol. The average molecular weight is 787 g/mol. The topological polar surface area (TPSA) is 139 Å². The van der Waals surface area contributed by atoms with Crippen LogP contribution in [0.2, 0.25) is 5.04 Å². The maximum Gasteiger partial charge on any atom is 0.330 e. The number of aryl methyl sites for hydroxylation is 1. The van der Waals surface area contributed by atoms with Crippen LogP contribution in [-0.2, 0) is 25.0 Å². The summed E-state index contributed by atoms with van der Waals surface area (Å²) in [7, 11) is -5.38. The second-order valence-electron chi connectivity index (χ2n) is 16.0. The van der Waals surface area contributed by atoms with Gasteiger partial charge in [-0.3, -0.25) is 14.3 Å². The highest BCUT2D eigenvalue weighted by atomic mass is 31.2. The molecule has 1 aliphatic rings. The molecule has 2 N–H and O–H groups in total. The van der Waals surface area contributed by atoms with Gasteiger partial charge in [-0.1, -0.05) is 112 Å². The number of ether oxygens (including phenoxy) is 2. The van der Waals surface area contributed by atoms with E-state index in [-0.39, 0.29) is 24.3 Å². The molecule has 0 bridgehead atoms. The highest BCUT2D eigenvalue weighted by Gasteiger charge is 2.54. The summed E-state index contributed by atoms with van der Waals surface area (Å²) < 4.78 is 30.9. The molecule has 0 aliphatic carbocycles. The van der Waals surface area contributed by atoms with Crippen LogP contribution in [0.5, 0.6) is 0 Å². The van der Waals surface area contributed by atoms with E-state index < -0.39 is 58.2 Å². The minimum absolute atomic E-state index is 0.0411. The van der Waals surface area contributed by atoms with Crippen molar-refractivity contribution >= 4 is 27.2 Å². The van der Waals surface area contributed by atoms with E-state index in [0.29, 0.717) is 18.4 Å². The van der Waals surface area contributed by atoms with Crippen molar-refractivity contribution in [2.75, 3.05) is 6.61 Å². The molecule has 1 saturated heterocycles. The lowest BCUT2D eigenvalue weighted by atomic mass is 9.98. The Morgan fingerprint density at radius 3 is 2.04 bits per heavy atom. The van der Waals surface area contributed by atoms with Gasteiger partial charge in [0.2, 0.25) is 0 Å². The van der Waals surface area contributed by atoms with Crippen LogP contribution in [0.4, 0.5) is 0 Å². The van der Waals surface area contributed by atoms with Crippen LogP contribution in [0.25, 0.3) is 0 Å². The number of nitrogens with one attached hydrogen (secondary N) is 1. The zero-order valence-corrected chi connectivity index (χ0v) is 35.0. The van der Waals surface area contributed by atoms with Crippen molar-refractivity contribution in [2.24, 2.45) is 0 Å². The maximum atomic E-state index is 13.5. The molecule has 0 radical (unpaired) electrons. The molecule has 55 heavy (non-hydrogen) atoms. The minimum Gasteiger partial charge on any atom is -0.405 e. The zero-order valence-electron chi connectivity index (χ0n) is 33.1. The lowest BCUT2D eigenvalue weighted by Gasteiger charge is -2.44. The SMILES string of the molecule is Cc1cn([C@@H]2O[C@H](CO[Si](c3ccccc3)(c3ccccc3)C(C)(C)C)[C@@H](OP(O)N(C(C)C)C(C)(C)CCC#N)[C@H]2OCc2ccccc2)c(=O)[nH]c1=O. The fourth-order valence-corrected chi connectivity index (χ4v) is 13.7. The highest BCUT2D eigenvalue weighted by Crippen LogP contribution is 2.50. The number of rotatable bonds is 16. The van der Waals surface area contributed by atoms with Gasteiger partial charge in [0, 0.05) is 29.8 Å². The number of benzene rings is 3. The molecule has 294 valence electrons. The van der Waals surface area contributed by atoms with Crippen LogP contribution in [0.3, 0.4) is 0 Å². The third-order valence-electron chi connectivity index (χ3n) is 10.2. The fraction of sp³-hybridized carbons (Fsp3) is 0.452. The van der Waals surface area contributed by atoms with Crippen molar-refractivity contribution in [3.05, 3.63) is 129 Å². The Hall–Kier alpha value is -3.76. The molecule has 0 amide bonds. The van der Waals surface area contributed by atoms with Gasteiger partial charge in [0.25, 0.3) is 22.4 Å². The van der Waals surface area contributed by atoms with E-state index in [2.05, 4.69) is 56.1 Å². The second kappa shape index (κ2) is 18.0. The fourth-order valence-electron chi connectivity index (χ4n) is 7.65. The molecule has 1 aliphatic heterocycles.